The van der Waals surface area contributed by atoms with Gasteiger partial charge in [-0.1, -0.05) is 31.4 Å². The minimum Gasteiger partial charge on any atom is -0.495 e. The normalized spacial score (nSPS) is 11.4. The van der Waals surface area contributed by atoms with Crippen molar-refractivity contribution in [2.45, 2.75) is 39.2 Å². The van der Waals surface area contributed by atoms with Gasteiger partial charge in [0.15, 0.2) is 5.11 Å². The van der Waals surface area contributed by atoms with E-state index in [1.165, 1.54) is 14.2 Å². The molecule has 0 saturated carbocycles. The number of hydrogen-bond acceptors (Lipinski definition) is 5. The van der Waals surface area contributed by atoms with Crippen LogP contribution in [-0.4, -0.2) is 38.0 Å². The second-order valence-corrected chi connectivity index (χ2v) is 6.05. The van der Waals surface area contributed by atoms with E-state index in [9.17, 15) is 4.79 Å². The van der Waals surface area contributed by atoms with Crippen molar-refractivity contribution < 1.29 is 19.0 Å². The van der Waals surface area contributed by atoms with Crippen molar-refractivity contribution in [3.8, 4) is 11.5 Å². The Morgan fingerprint density at radius 1 is 1.24 bits per heavy atom. The average Bonchev–Trinajstić information content (AvgIpc) is 2.59. The highest BCUT2D eigenvalue weighted by Crippen LogP contribution is 2.35. The quantitative estimate of drug-likeness (QED) is 0.493. The van der Waals surface area contributed by atoms with Crippen LogP contribution in [0.2, 0.25) is 5.02 Å². The maximum Gasteiger partial charge on any atom is 0.328 e. The number of rotatable bonds is 9. The van der Waals surface area contributed by atoms with Gasteiger partial charge in [-0.2, -0.15) is 0 Å². The van der Waals surface area contributed by atoms with Crippen molar-refractivity contribution in [3.05, 3.63) is 17.2 Å². The van der Waals surface area contributed by atoms with Gasteiger partial charge < -0.3 is 24.8 Å². The van der Waals surface area contributed by atoms with Gasteiger partial charge in [0.25, 0.3) is 0 Å². The molecule has 0 aliphatic rings. The van der Waals surface area contributed by atoms with Gasteiger partial charge in [-0.15, -0.1) is 0 Å². The van der Waals surface area contributed by atoms with Crippen LogP contribution in [-0.2, 0) is 9.53 Å². The predicted molar refractivity (Wildman–Crippen MR) is 104 cm³/mol. The topological polar surface area (TPSA) is 68.8 Å². The van der Waals surface area contributed by atoms with Gasteiger partial charge in [0.05, 0.1) is 31.5 Å². The molecule has 1 aromatic rings. The molecule has 0 amide bonds. The Hall–Kier alpha value is -1.73. The van der Waals surface area contributed by atoms with E-state index in [2.05, 4.69) is 17.6 Å². The maximum atomic E-state index is 12.1. The van der Waals surface area contributed by atoms with Crippen molar-refractivity contribution >= 4 is 40.6 Å². The van der Waals surface area contributed by atoms with Gasteiger partial charge in [0.2, 0.25) is 0 Å². The Balaban J connectivity index is 2.87. The molecule has 0 radical (unpaired) electrons. The summed E-state index contributed by atoms with van der Waals surface area (Å²) in [6, 6.07) is 2.81. The largest absolute Gasteiger partial charge is 0.495 e. The molecule has 140 valence electrons. The minimum atomic E-state index is -0.500. The molecule has 1 aromatic carbocycles. The number of carbonyl (C=O) groups is 1. The number of anilines is 1. The Labute approximate surface area is 159 Å². The van der Waals surface area contributed by atoms with Gasteiger partial charge in [0, 0.05) is 12.1 Å². The van der Waals surface area contributed by atoms with Crippen molar-refractivity contribution in [1.29, 1.82) is 0 Å². The van der Waals surface area contributed by atoms with E-state index >= 15 is 0 Å². The maximum absolute atomic E-state index is 12.1. The van der Waals surface area contributed by atoms with Crippen LogP contribution < -0.4 is 20.1 Å². The zero-order valence-corrected chi connectivity index (χ0v) is 16.6. The number of hydrogen-bond donors (Lipinski definition) is 2. The second kappa shape index (κ2) is 11.0. The second-order valence-electron chi connectivity index (χ2n) is 5.23. The van der Waals surface area contributed by atoms with Crippen LogP contribution >= 0.6 is 23.8 Å². The fraction of sp³-hybridized carbons (Fsp3) is 0.529. The number of carbonyl (C=O) groups excluding carboxylic acids is 1. The molecule has 1 rings (SSSR count). The molecule has 0 aliphatic carbocycles. The van der Waals surface area contributed by atoms with Gasteiger partial charge in [-0.3, -0.25) is 0 Å². The Morgan fingerprint density at radius 3 is 2.48 bits per heavy atom. The Morgan fingerprint density at radius 2 is 1.92 bits per heavy atom. The first-order valence-electron chi connectivity index (χ1n) is 8.12. The number of ether oxygens (including phenoxy) is 3. The third-order valence-electron chi connectivity index (χ3n) is 3.44. The third kappa shape index (κ3) is 6.59. The standard InChI is InChI=1S/C17H25ClN2O4S/c1-5-7-8-12(16(21)24-6-2)19-17(25)20-13-10-14(22-3)11(18)9-15(13)23-4/h9-10,12H,5-8H2,1-4H3,(H2,19,20,25). The number of nitrogens with one attached hydrogen (secondary N) is 2. The summed E-state index contributed by atoms with van der Waals surface area (Å²) in [5.74, 6) is 0.678. The van der Waals surface area contributed by atoms with E-state index in [1.807, 2.05) is 0 Å². The highest BCUT2D eigenvalue weighted by atomic mass is 35.5. The Kier molecular flexibility index (Phi) is 9.37. The highest BCUT2D eigenvalue weighted by Gasteiger charge is 2.20. The molecule has 25 heavy (non-hydrogen) atoms. The average molecular weight is 389 g/mol. The van der Waals surface area contributed by atoms with E-state index in [1.54, 1.807) is 19.1 Å². The first kappa shape index (κ1) is 21.3. The summed E-state index contributed by atoms with van der Waals surface area (Å²) in [6.07, 6.45) is 2.50. The molecule has 6 nitrogen and oxygen atoms in total. The lowest BCUT2D eigenvalue weighted by Gasteiger charge is -2.20. The number of esters is 1. The van der Waals surface area contributed by atoms with Gasteiger partial charge in [0.1, 0.15) is 17.5 Å². The van der Waals surface area contributed by atoms with Crippen molar-refractivity contribution in [2.75, 3.05) is 26.1 Å². The lowest BCUT2D eigenvalue weighted by molar-refractivity contribution is -0.145. The van der Waals surface area contributed by atoms with Crippen LogP contribution in [0.25, 0.3) is 0 Å². The molecule has 1 unspecified atom stereocenters. The van der Waals surface area contributed by atoms with E-state index < -0.39 is 6.04 Å². The molecule has 0 spiro atoms. The number of benzene rings is 1. The SMILES string of the molecule is CCCCC(NC(=S)Nc1cc(OC)c(Cl)cc1OC)C(=O)OCC. The first-order chi connectivity index (χ1) is 12.0. The molecule has 0 fully saturated rings. The Bertz CT molecular complexity index is 598. The van der Waals surface area contributed by atoms with Crippen LogP contribution in [0, 0.1) is 0 Å². The highest BCUT2D eigenvalue weighted by molar-refractivity contribution is 7.80. The summed E-state index contributed by atoms with van der Waals surface area (Å²) in [5.41, 5.74) is 0.583. The monoisotopic (exact) mass is 388 g/mol. The van der Waals surface area contributed by atoms with E-state index in [0.29, 0.717) is 35.2 Å². The molecule has 0 aromatic heterocycles. The molecule has 0 heterocycles. The van der Waals surface area contributed by atoms with Gasteiger partial charge in [-0.25, -0.2) is 4.79 Å². The summed E-state index contributed by atoms with van der Waals surface area (Å²) < 4.78 is 15.6. The fourth-order valence-electron chi connectivity index (χ4n) is 2.17. The number of halogens is 1. The van der Waals surface area contributed by atoms with E-state index in [-0.39, 0.29) is 11.1 Å². The molecule has 8 heteroatoms. The minimum absolute atomic E-state index is 0.289. The van der Waals surface area contributed by atoms with Crippen LogP contribution in [0.5, 0.6) is 11.5 Å². The molecule has 0 aliphatic heterocycles. The zero-order valence-electron chi connectivity index (χ0n) is 15.0. The third-order valence-corrected chi connectivity index (χ3v) is 3.96. The number of thiocarbonyl (C=S) groups is 1. The first-order valence-corrected chi connectivity index (χ1v) is 8.91. The summed E-state index contributed by atoms with van der Waals surface area (Å²) >= 11 is 11.4. The number of methoxy groups -OCH3 is 2. The van der Waals surface area contributed by atoms with Crippen LogP contribution in [0.1, 0.15) is 33.1 Å². The fourth-order valence-corrected chi connectivity index (χ4v) is 2.66. The van der Waals surface area contributed by atoms with Crippen molar-refractivity contribution in [3.63, 3.8) is 0 Å². The summed E-state index contributed by atoms with van der Waals surface area (Å²) in [6.45, 7) is 4.16. The van der Waals surface area contributed by atoms with E-state index in [0.717, 1.165) is 12.8 Å². The van der Waals surface area contributed by atoms with E-state index in [4.69, 9.17) is 38.0 Å². The lowest BCUT2D eigenvalue weighted by atomic mass is 10.1. The van der Waals surface area contributed by atoms with Crippen molar-refractivity contribution in [2.24, 2.45) is 0 Å². The van der Waals surface area contributed by atoms with Gasteiger partial charge >= 0.3 is 5.97 Å². The molecule has 1 atom stereocenters. The molecule has 2 N–H and O–H groups in total. The smallest absolute Gasteiger partial charge is 0.328 e. The summed E-state index contributed by atoms with van der Waals surface area (Å²) in [5, 5.41) is 6.74. The summed E-state index contributed by atoms with van der Waals surface area (Å²) in [4.78, 5) is 12.1. The van der Waals surface area contributed by atoms with Crippen molar-refractivity contribution in [1.82, 2.24) is 5.32 Å². The molecule has 0 saturated heterocycles. The van der Waals surface area contributed by atoms with Crippen LogP contribution in [0.3, 0.4) is 0 Å². The van der Waals surface area contributed by atoms with Crippen LogP contribution in [0.15, 0.2) is 12.1 Å². The zero-order chi connectivity index (χ0) is 18.8. The molecular weight excluding hydrogens is 364 g/mol. The number of unbranched alkanes of at least 4 members (excludes halogenated alkanes) is 1. The molecule has 0 bridgehead atoms. The van der Waals surface area contributed by atoms with Gasteiger partial charge in [-0.05, 0) is 25.6 Å². The lowest BCUT2D eigenvalue weighted by Crippen LogP contribution is -2.43. The van der Waals surface area contributed by atoms with Crippen LogP contribution in [0.4, 0.5) is 5.69 Å². The summed E-state index contributed by atoms with van der Waals surface area (Å²) in [7, 11) is 3.05. The predicted octanol–water partition coefficient (Wildman–Crippen LogP) is 3.77. The molecular formula is C17H25ClN2O4S.